The number of nitrogens with one attached hydrogen (secondary N) is 1. The molecule has 1 aliphatic rings. The van der Waals surface area contributed by atoms with Crippen LogP contribution in [0.25, 0.3) is 0 Å². The Morgan fingerprint density at radius 2 is 2.15 bits per heavy atom. The second-order valence-corrected chi connectivity index (χ2v) is 5.07. The quantitative estimate of drug-likeness (QED) is 0.905. The Morgan fingerprint density at radius 1 is 1.25 bits per heavy atom. The topological polar surface area (TPSA) is 60.2 Å². The van der Waals surface area contributed by atoms with E-state index in [0.717, 1.165) is 30.9 Å². The third-order valence-corrected chi connectivity index (χ3v) is 3.48. The minimum atomic E-state index is 0.363. The van der Waals surface area contributed by atoms with Crippen LogP contribution < -0.4 is 5.32 Å². The summed E-state index contributed by atoms with van der Waals surface area (Å²) >= 11 is 0. The van der Waals surface area contributed by atoms with Gasteiger partial charge in [0, 0.05) is 12.5 Å². The van der Waals surface area contributed by atoms with Crippen molar-refractivity contribution in [3.05, 3.63) is 47.6 Å². The number of piperidine rings is 1. The fraction of sp³-hybridized carbons (Fsp3) is 0.467. The van der Waals surface area contributed by atoms with E-state index in [1.807, 2.05) is 30.3 Å². The van der Waals surface area contributed by atoms with Gasteiger partial charge in [0.25, 0.3) is 5.89 Å². The van der Waals surface area contributed by atoms with Crippen molar-refractivity contribution >= 4 is 0 Å². The molecule has 1 unspecified atom stereocenters. The number of hydrogen-bond donors (Lipinski definition) is 1. The normalized spacial score (nSPS) is 19.1. The van der Waals surface area contributed by atoms with Crippen LogP contribution in [0.1, 0.15) is 36.0 Å². The Hall–Kier alpha value is -1.72. The molecular formula is C15H19N3O2. The average molecular weight is 273 g/mol. The van der Waals surface area contributed by atoms with Gasteiger partial charge in [0.2, 0.25) is 0 Å². The molecule has 1 atom stereocenters. The van der Waals surface area contributed by atoms with Crippen LogP contribution in [0.2, 0.25) is 0 Å². The van der Waals surface area contributed by atoms with Crippen LogP contribution in [0.15, 0.2) is 34.9 Å². The SMILES string of the molecule is c1ccc(COCc2nc(C3CCCNC3)no2)cc1. The lowest BCUT2D eigenvalue weighted by molar-refractivity contribution is 0.0850. The maximum atomic E-state index is 5.59. The highest BCUT2D eigenvalue weighted by atomic mass is 16.5. The van der Waals surface area contributed by atoms with Crippen molar-refractivity contribution in [3.63, 3.8) is 0 Å². The fourth-order valence-corrected chi connectivity index (χ4v) is 2.40. The van der Waals surface area contributed by atoms with E-state index in [0.29, 0.717) is 25.0 Å². The maximum absolute atomic E-state index is 5.59. The van der Waals surface area contributed by atoms with Gasteiger partial charge in [-0.3, -0.25) is 0 Å². The highest BCUT2D eigenvalue weighted by Crippen LogP contribution is 2.20. The van der Waals surface area contributed by atoms with Gasteiger partial charge in [-0.25, -0.2) is 0 Å². The van der Waals surface area contributed by atoms with Crippen molar-refractivity contribution in [1.29, 1.82) is 0 Å². The van der Waals surface area contributed by atoms with Gasteiger partial charge in [0.15, 0.2) is 5.82 Å². The van der Waals surface area contributed by atoms with Gasteiger partial charge in [0.05, 0.1) is 6.61 Å². The van der Waals surface area contributed by atoms with E-state index < -0.39 is 0 Å². The van der Waals surface area contributed by atoms with Crippen molar-refractivity contribution in [2.75, 3.05) is 13.1 Å². The van der Waals surface area contributed by atoms with Crippen LogP contribution in [-0.2, 0) is 18.0 Å². The molecule has 2 heterocycles. The summed E-state index contributed by atoms with van der Waals surface area (Å²) in [7, 11) is 0. The van der Waals surface area contributed by atoms with E-state index in [1.165, 1.54) is 6.42 Å². The molecule has 1 saturated heterocycles. The van der Waals surface area contributed by atoms with Gasteiger partial charge < -0.3 is 14.6 Å². The fourth-order valence-electron chi connectivity index (χ4n) is 2.40. The van der Waals surface area contributed by atoms with Gasteiger partial charge in [-0.15, -0.1) is 0 Å². The summed E-state index contributed by atoms with van der Waals surface area (Å²) in [5.41, 5.74) is 1.14. The van der Waals surface area contributed by atoms with E-state index in [-0.39, 0.29) is 0 Å². The number of nitrogens with zero attached hydrogens (tertiary/aromatic N) is 2. The average Bonchev–Trinajstić information content (AvgIpc) is 2.98. The van der Waals surface area contributed by atoms with Crippen LogP contribution in [0.3, 0.4) is 0 Å². The molecule has 1 N–H and O–H groups in total. The Kier molecular flexibility index (Phi) is 4.40. The summed E-state index contributed by atoms with van der Waals surface area (Å²) in [5, 5.41) is 7.41. The molecule has 0 spiro atoms. The molecule has 5 nitrogen and oxygen atoms in total. The molecule has 0 amide bonds. The molecule has 0 saturated carbocycles. The van der Waals surface area contributed by atoms with Crippen molar-refractivity contribution in [2.24, 2.45) is 0 Å². The zero-order valence-corrected chi connectivity index (χ0v) is 11.4. The van der Waals surface area contributed by atoms with E-state index in [2.05, 4.69) is 15.5 Å². The standard InChI is InChI=1S/C15H19N3O2/c1-2-5-12(6-3-1)10-19-11-14-17-15(18-20-14)13-7-4-8-16-9-13/h1-3,5-6,13,16H,4,7-11H2. The zero-order valence-electron chi connectivity index (χ0n) is 11.4. The Labute approximate surface area is 118 Å². The molecule has 1 aromatic heterocycles. The first-order valence-corrected chi connectivity index (χ1v) is 7.06. The Balaban J connectivity index is 1.50. The summed E-state index contributed by atoms with van der Waals surface area (Å²) in [6, 6.07) is 10.1. The van der Waals surface area contributed by atoms with Crippen molar-refractivity contribution in [3.8, 4) is 0 Å². The van der Waals surface area contributed by atoms with E-state index >= 15 is 0 Å². The second kappa shape index (κ2) is 6.63. The van der Waals surface area contributed by atoms with Crippen molar-refractivity contribution in [1.82, 2.24) is 15.5 Å². The molecule has 1 aromatic carbocycles. The molecule has 106 valence electrons. The third kappa shape index (κ3) is 3.43. The highest BCUT2D eigenvalue weighted by Gasteiger charge is 2.20. The van der Waals surface area contributed by atoms with Crippen LogP contribution in [0, 0.1) is 0 Å². The third-order valence-electron chi connectivity index (χ3n) is 3.48. The Morgan fingerprint density at radius 3 is 2.95 bits per heavy atom. The van der Waals surface area contributed by atoms with E-state index in [9.17, 15) is 0 Å². The molecule has 2 aromatic rings. The molecule has 1 fully saturated rings. The smallest absolute Gasteiger partial charge is 0.252 e. The van der Waals surface area contributed by atoms with Gasteiger partial charge in [0.1, 0.15) is 6.61 Å². The van der Waals surface area contributed by atoms with Crippen LogP contribution in [0.5, 0.6) is 0 Å². The second-order valence-electron chi connectivity index (χ2n) is 5.07. The lowest BCUT2D eigenvalue weighted by Crippen LogP contribution is -2.28. The van der Waals surface area contributed by atoms with Gasteiger partial charge in [-0.05, 0) is 24.9 Å². The first-order valence-electron chi connectivity index (χ1n) is 7.06. The van der Waals surface area contributed by atoms with E-state index in [4.69, 9.17) is 9.26 Å². The number of rotatable bonds is 5. The molecular weight excluding hydrogens is 254 g/mol. The first kappa shape index (κ1) is 13.3. The highest BCUT2D eigenvalue weighted by molar-refractivity contribution is 5.13. The number of hydrogen-bond acceptors (Lipinski definition) is 5. The molecule has 0 aliphatic carbocycles. The number of benzene rings is 1. The lowest BCUT2D eigenvalue weighted by Gasteiger charge is -2.19. The summed E-state index contributed by atoms with van der Waals surface area (Å²) in [4.78, 5) is 4.42. The first-order chi connectivity index (χ1) is 9.92. The number of ether oxygens (including phenoxy) is 1. The molecule has 1 aliphatic heterocycles. The number of aromatic nitrogens is 2. The molecule has 0 radical (unpaired) electrons. The van der Waals surface area contributed by atoms with E-state index in [1.54, 1.807) is 0 Å². The van der Waals surface area contributed by atoms with Gasteiger partial charge >= 0.3 is 0 Å². The molecule has 5 heteroatoms. The summed E-state index contributed by atoms with van der Waals surface area (Å²) in [6.45, 7) is 2.94. The zero-order chi connectivity index (χ0) is 13.6. The summed E-state index contributed by atoms with van der Waals surface area (Å²) < 4.78 is 10.8. The minimum absolute atomic E-state index is 0.363. The van der Waals surface area contributed by atoms with Gasteiger partial charge in [-0.1, -0.05) is 35.5 Å². The largest absolute Gasteiger partial charge is 0.367 e. The maximum Gasteiger partial charge on any atom is 0.252 e. The lowest BCUT2D eigenvalue weighted by atomic mass is 9.99. The molecule has 20 heavy (non-hydrogen) atoms. The molecule has 0 bridgehead atoms. The Bertz CT molecular complexity index is 521. The van der Waals surface area contributed by atoms with Gasteiger partial charge in [-0.2, -0.15) is 4.98 Å². The van der Waals surface area contributed by atoms with Crippen LogP contribution >= 0.6 is 0 Å². The predicted octanol–water partition coefficient (Wildman–Crippen LogP) is 2.25. The monoisotopic (exact) mass is 273 g/mol. The molecule has 3 rings (SSSR count). The van der Waals surface area contributed by atoms with Crippen LogP contribution in [0.4, 0.5) is 0 Å². The summed E-state index contributed by atoms with van der Waals surface area (Å²) in [5.74, 6) is 1.73. The minimum Gasteiger partial charge on any atom is -0.367 e. The van der Waals surface area contributed by atoms with Crippen LogP contribution in [-0.4, -0.2) is 23.2 Å². The van der Waals surface area contributed by atoms with Crippen molar-refractivity contribution in [2.45, 2.75) is 32.0 Å². The summed E-state index contributed by atoms with van der Waals surface area (Å²) in [6.07, 6.45) is 2.29. The predicted molar refractivity (Wildman–Crippen MR) is 74.1 cm³/mol. The van der Waals surface area contributed by atoms with Crippen molar-refractivity contribution < 1.29 is 9.26 Å².